The van der Waals surface area contributed by atoms with E-state index in [1.54, 1.807) is 0 Å². The number of carboxylic acids is 1. The van der Waals surface area contributed by atoms with Gasteiger partial charge in [-0.05, 0) is 6.54 Å². The monoisotopic (exact) mass is 269 g/mol. The van der Waals surface area contributed by atoms with Gasteiger partial charge < -0.3 is 15.7 Å². The summed E-state index contributed by atoms with van der Waals surface area (Å²) in [5.41, 5.74) is 0.533. The molecule has 1 unspecified atom stereocenters. The van der Waals surface area contributed by atoms with Crippen molar-refractivity contribution in [3.63, 3.8) is 0 Å². The van der Waals surface area contributed by atoms with Crippen LogP contribution in [0.3, 0.4) is 0 Å². The smallest absolute Gasteiger partial charge is 0.325 e. The summed E-state index contributed by atoms with van der Waals surface area (Å²) in [5.74, 6) is -1.19. The molecular weight excluding hydrogens is 250 g/mol. The van der Waals surface area contributed by atoms with Crippen LogP contribution in [0, 0.1) is 5.92 Å². The normalized spacial score (nSPS) is 12.1. The van der Waals surface area contributed by atoms with E-state index in [2.05, 4.69) is 20.9 Å². The van der Waals surface area contributed by atoms with E-state index in [0.29, 0.717) is 12.2 Å². The van der Waals surface area contributed by atoms with Crippen molar-refractivity contribution in [1.29, 1.82) is 0 Å². The maximum atomic E-state index is 11.7. The predicted octanol–water partition coefficient (Wildman–Crippen LogP) is -0.775. The van der Waals surface area contributed by atoms with E-state index in [4.69, 9.17) is 5.11 Å². The highest BCUT2D eigenvalue weighted by Gasteiger charge is 2.12. The van der Waals surface area contributed by atoms with Crippen LogP contribution in [0.1, 0.15) is 19.5 Å². The molecule has 1 aromatic rings. The molecule has 106 valence electrons. The Morgan fingerprint density at radius 3 is 2.89 bits per heavy atom. The lowest BCUT2D eigenvalue weighted by atomic mass is 10.1. The van der Waals surface area contributed by atoms with Crippen LogP contribution in [0.4, 0.5) is 0 Å². The van der Waals surface area contributed by atoms with Gasteiger partial charge >= 0.3 is 5.97 Å². The standard InChI is InChI=1S/C11H19N5O3/c1-3-12-4-8(2)11(19)13-5-9-6-16(15-14-9)7-10(17)18/h6,8,12H,3-5,7H2,1-2H3,(H,13,19)(H,17,18). The van der Waals surface area contributed by atoms with Crippen LogP contribution in [-0.4, -0.2) is 45.1 Å². The molecule has 8 nitrogen and oxygen atoms in total. The van der Waals surface area contributed by atoms with Crippen LogP contribution < -0.4 is 10.6 Å². The lowest BCUT2D eigenvalue weighted by molar-refractivity contribution is -0.138. The fraction of sp³-hybridized carbons (Fsp3) is 0.636. The van der Waals surface area contributed by atoms with Crippen LogP contribution >= 0.6 is 0 Å². The quantitative estimate of drug-likeness (QED) is 0.571. The maximum Gasteiger partial charge on any atom is 0.325 e. The molecule has 0 saturated heterocycles. The molecule has 0 aromatic carbocycles. The van der Waals surface area contributed by atoms with Crippen LogP contribution in [0.15, 0.2) is 6.20 Å². The van der Waals surface area contributed by atoms with E-state index in [0.717, 1.165) is 6.54 Å². The van der Waals surface area contributed by atoms with E-state index in [1.807, 2.05) is 13.8 Å². The van der Waals surface area contributed by atoms with Gasteiger partial charge in [-0.3, -0.25) is 9.59 Å². The van der Waals surface area contributed by atoms with E-state index in [1.165, 1.54) is 10.9 Å². The first-order valence-corrected chi connectivity index (χ1v) is 6.12. The van der Waals surface area contributed by atoms with Crippen molar-refractivity contribution >= 4 is 11.9 Å². The number of hydrogen-bond donors (Lipinski definition) is 3. The molecule has 0 saturated carbocycles. The van der Waals surface area contributed by atoms with Gasteiger partial charge in [-0.25, -0.2) is 4.68 Å². The topological polar surface area (TPSA) is 109 Å². The van der Waals surface area contributed by atoms with Gasteiger partial charge in [-0.1, -0.05) is 19.1 Å². The average molecular weight is 269 g/mol. The Kier molecular flexibility index (Phi) is 5.94. The lowest BCUT2D eigenvalue weighted by Gasteiger charge is -2.11. The zero-order valence-electron chi connectivity index (χ0n) is 11.1. The second-order valence-corrected chi connectivity index (χ2v) is 4.23. The van der Waals surface area contributed by atoms with Gasteiger partial charge in [0.2, 0.25) is 5.91 Å². The number of nitrogens with one attached hydrogen (secondary N) is 2. The number of amides is 1. The number of carbonyl (C=O) groups is 2. The fourth-order valence-corrected chi connectivity index (χ4v) is 1.44. The Hall–Kier alpha value is -1.96. The fourth-order valence-electron chi connectivity index (χ4n) is 1.44. The molecule has 0 fully saturated rings. The predicted molar refractivity (Wildman–Crippen MR) is 67.2 cm³/mol. The Labute approximate surface area is 111 Å². The first-order valence-electron chi connectivity index (χ1n) is 6.12. The number of nitrogens with zero attached hydrogens (tertiary/aromatic N) is 3. The van der Waals surface area contributed by atoms with E-state index in [-0.39, 0.29) is 24.9 Å². The van der Waals surface area contributed by atoms with Gasteiger partial charge in [0.25, 0.3) is 0 Å². The number of carboxylic acid groups (broad SMARTS) is 1. The summed E-state index contributed by atoms with van der Waals surface area (Å²) in [7, 11) is 0. The highest BCUT2D eigenvalue weighted by atomic mass is 16.4. The molecule has 1 amide bonds. The molecule has 0 spiro atoms. The number of aliphatic carboxylic acids is 1. The van der Waals surface area contributed by atoms with Crippen molar-refractivity contribution in [1.82, 2.24) is 25.6 Å². The Balaban J connectivity index is 2.37. The molecule has 0 radical (unpaired) electrons. The largest absolute Gasteiger partial charge is 0.480 e. The first-order chi connectivity index (χ1) is 9.02. The van der Waals surface area contributed by atoms with Crippen molar-refractivity contribution < 1.29 is 14.7 Å². The molecule has 0 aliphatic heterocycles. The third kappa shape index (κ3) is 5.47. The third-order valence-electron chi connectivity index (χ3n) is 2.48. The average Bonchev–Trinajstić information content (AvgIpc) is 2.79. The molecule has 1 rings (SSSR count). The Morgan fingerprint density at radius 2 is 2.26 bits per heavy atom. The minimum absolute atomic E-state index is 0.0752. The first kappa shape index (κ1) is 15.1. The highest BCUT2D eigenvalue weighted by Crippen LogP contribution is 1.96. The molecule has 0 bridgehead atoms. The molecule has 19 heavy (non-hydrogen) atoms. The molecular formula is C11H19N5O3. The van der Waals surface area contributed by atoms with Crippen molar-refractivity contribution in [2.45, 2.75) is 26.9 Å². The second kappa shape index (κ2) is 7.47. The van der Waals surface area contributed by atoms with Crippen molar-refractivity contribution in [2.24, 2.45) is 5.92 Å². The zero-order chi connectivity index (χ0) is 14.3. The summed E-state index contributed by atoms with van der Waals surface area (Å²) in [5, 5.41) is 21.8. The van der Waals surface area contributed by atoms with Crippen LogP contribution in [0.5, 0.6) is 0 Å². The SMILES string of the molecule is CCNCC(C)C(=O)NCc1cn(CC(=O)O)nn1. The van der Waals surface area contributed by atoms with Gasteiger partial charge in [-0.15, -0.1) is 5.10 Å². The van der Waals surface area contributed by atoms with Gasteiger partial charge in [0.1, 0.15) is 12.2 Å². The van der Waals surface area contributed by atoms with Gasteiger partial charge in [0.15, 0.2) is 0 Å². The molecule has 0 aliphatic carbocycles. The number of carbonyl (C=O) groups excluding carboxylic acids is 1. The summed E-state index contributed by atoms with van der Waals surface area (Å²) in [4.78, 5) is 22.2. The molecule has 8 heteroatoms. The minimum atomic E-state index is -0.986. The Morgan fingerprint density at radius 1 is 1.53 bits per heavy atom. The number of aromatic nitrogens is 3. The number of rotatable bonds is 8. The zero-order valence-corrected chi connectivity index (χ0v) is 11.1. The molecule has 1 heterocycles. The highest BCUT2D eigenvalue weighted by molar-refractivity contribution is 5.78. The summed E-state index contributed by atoms with van der Waals surface area (Å²) in [6, 6.07) is 0. The summed E-state index contributed by atoms with van der Waals surface area (Å²) >= 11 is 0. The van der Waals surface area contributed by atoms with Gasteiger partial charge in [0, 0.05) is 12.5 Å². The van der Waals surface area contributed by atoms with E-state index in [9.17, 15) is 9.59 Å². The van der Waals surface area contributed by atoms with E-state index < -0.39 is 5.97 Å². The van der Waals surface area contributed by atoms with Crippen LogP contribution in [-0.2, 0) is 22.7 Å². The number of hydrogen-bond acceptors (Lipinski definition) is 5. The van der Waals surface area contributed by atoms with Gasteiger partial charge in [-0.2, -0.15) is 0 Å². The summed E-state index contributed by atoms with van der Waals surface area (Å²) in [6.45, 7) is 5.26. The Bertz CT molecular complexity index is 432. The summed E-state index contributed by atoms with van der Waals surface area (Å²) < 4.78 is 1.21. The maximum absolute atomic E-state index is 11.7. The third-order valence-corrected chi connectivity index (χ3v) is 2.48. The van der Waals surface area contributed by atoms with Crippen molar-refractivity contribution in [3.8, 4) is 0 Å². The molecule has 3 N–H and O–H groups in total. The van der Waals surface area contributed by atoms with Gasteiger partial charge in [0.05, 0.1) is 12.7 Å². The molecule has 1 atom stereocenters. The minimum Gasteiger partial charge on any atom is -0.480 e. The van der Waals surface area contributed by atoms with E-state index >= 15 is 0 Å². The van der Waals surface area contributed by atoms with Crippen molar-refractivity contribution in [2.75, 3.05) is 13.1 Å². The molecule has 1 aromatic heterocycles. The summed E-state index contributed by atoms with van der Waals surface area (Å²) in [6.07, 6.45) is 1.50. The van der Waals surface area contributed by atoms with Crippen molar-refractivity contribution in [3.05, 3.63) is 11.9 Å². The lowest BCUT2D eigenvalue weighted by Crippen LogP contribution is -2.35. The van der Waals surface area contributed by atoms with Crippen LogP contribution in [0.2, 0.25) is 0 Å². The van der Waals surface area contributed by atoms with Crippen LogP contribution in [0.25, 0.3) is 0 Å². The second-order valence-electron chi connectivity index (χ2n) is 4.23. The molecule has 0 aliphatic rings.